The highest BCUT2D eigenvalue weighted by molar-refractivity contribution is 5.77. The fourth-order valence-electron chi connectivity index (χ4n) is 2.52. The van der Waals surface area contributed by atoms with E-state index >= 15 is 0 Å². The first-order valence-corrected chi connectivity index (χ1v) is 10.8. The quantitative estimate of drug-likeness (QED) is 0.450. The summed E-state index contributed by atoms with van der Waals surface area (Å²) in [4.78, 5) is 11.7. The summed E-state index contributed by atoms with van der Waals surface area (Å²) in [6.45, 7) is 17.2. The van der Waals surface area contributed by atoms with Gasteiger partial charge in [-0.1, -0.05) is 33.8 Å². The number of ether oxygens (including phenoxy) is 2. The molecule has 1 aromatic rings. The Kier molecular flexibility index (Phi) is 9.32. The Hall–Kier alpha value is -1.71. The number of amides is 1. The van der Waals surface area contributed by atoms with Crippen molar-refractivity contribution in [3.05, 3.63) is 23.8 Å². The van der Waals surface area contributed by atoms with Gasteiger partial charge in [0.05, 0.1) is 0 Å². The highest BCUT2D eigenvalue weighted by atomic mass is 16.5. The molecule has 0 saturated heterocycles. The van der Waals surface area contributed by atoms with E-state index in [1.807, 2.05) is 26.0 Å². The number of benzene rings is 1. The number of rotatable bonds is 12. The molecule has 4 nitrogen and oxygen atoms in total. The van der Waals surface area contributed by atoms with Gasteiger partial charge in [0.2, 0.25) is 5.91 Å². The zero-order chi connectivity index (χ0) is 21.4. The van der Waals surface area contributed by atoms with Crippen LogP contribution in [-0.4, -0.2) is 23.7 Å². The average molecular weight is 392 g/mol. The molecule has 0 radical (unpaired) electrons. The molecular formula is C24H41NO3. The molecule has 0 unspecified atom stereocenters. The van der Waals surface area contributed by atoms with Crippen LogP contribution in [0.15, 0.2) is 18.2 Å². The maximum Gasteiger partial charge on any atom is 0.222 e. The van der Waals surface area contributed by atoms with Crippen LogP contribution >= 0.6 is 0 Å². The summed E-state index contributed by atoms with van der Waals surface area (Å²) in [6.07, 6.45) is 4.75. The zero-order valence-electron chi connectivity index (χ0n) is 19.3. The van der Waals surface area contributed by atoms with E-state index in [9.17, 15) is 4.79 Å². The van der Waals surface area contributed by atoms with Crippen molar-refractivity contribution in [3.63, 3.8) is 0 Å². The van der Waals surface area contributed by atoms with Gasteiger partial charge in [0.15, 0.2) is 0 Å². The van der Waals surface area contributed by atoms with E-state index in [1.165, 1.54) is 5.56 Å². The third kappa shape index (κ3) is 8.53. The van der Waals surface area contributed by atoms with E-state index in [0.717, 1.165) is 50.1 Å². The van der Waals surface area contributed by atoms with Crippen molar-refractivity contribution in [1.29, 1.82) is 0 Å². The van der Waals surface area contributed by atoms with Crippen LogP contribution < -0.4 is 14.8 Å². The van der Waals surface area contributed by atoms with Crippen molar-refractivity contribution in [2.24, 2.45) is 5.92 Å². The minimum absolute atomic E-state index is 0.0381. The van der Waals surface area contributed by atoms with E-state index in [-0.39, 0.29) is 23.0 Å². The van der Waals surface area contributed by atoms with Crippen molar-refractivity contribution in [3.8, 4) is 11.5 Å². The van der Waals surface area contributed by atoms with Crippen LogP contribution in [0.3, 0.4) is 0 Å². The average Bonchev–Trinajstić information content (AvgIpc) is 2.62. The molecule has 1 N–H and O–H groups in total. The predicted molar refractivity (Wildman–Crippen MR) is 117 cm³/mol. The van der Waals surface area contributed by atoms with Crippen molar-refractivity contribution < 1.29 is 14.3 Å². The summed E-state index contributed by atoms with van der Waals surface area (Å²) < 4.78 is 12.5. The molecular weight excluding hydrogens is 350 g/mol. The second kappa shape index (κ2) is 10.7. The van der Waals surface area contributed by atoms with Crippen LogP contribution in [0, 0.1) is 5.92 Å². The molecule has 28 heavy (non-hydrogen) atoms. The number of carbonyl (C=O) groups excluding carboxylic acids is 1. The Morgan fingerprint density at radius 1 is 1.00 bits per heavy atom. The number of unbranched alkanes of at least 4 members (excludes halogenated alkanes) is 1. The maximum atomic E-state index is 11.7. The molecule has 0 fully saturated rings. The molecule has 0 aliphatic carbocycles. The normalized spacial score (nSPS) is 12.2. The van der Waals surface area contributed by atoms with E-state index < -0.39 is 0 Å². The highest BCUT2D eigenvalue weighted by Crippen LogP contribution is 2.32. The first-order chi connectivity index (χ1) is 13.0. The van der Waals surface area contributed by atoms with Crippen LogP contribution in [0.2, 0.25) is 0 Å². The lowest BCUT2D eigenvalue weighted by Gasteiger charge is -2.29. The van der Waals surface area contributed by atoms with E-state index in [1.54, 1.807) is 0 Å². The second-order valence-corrected chi connectivity index (χ2v) is 9.10. The summed E-state index contributed by atoms with van der Waals surface area (Å²) in [7, 11) is 0. The van der Waals surface area contributed by atoms with Gasteiger partial charge in [-0.05, 0) is 71.4 Å². The zero-order valence-corrected chi connectivity index (χ0v) is 19.3. The fraction of sp³-hybridized carbons (Fsp3) is 0.708. The molecule has 0 spiro atoms. The molecule has 0 saturated carbocycles. The van der Waals surface area contributed by atoms with Gasteiger partial charge in [0.1, 0.15) is 22.7 Å². The van der Waals surface area contributed by atoms with Gasteiger partial charge in [-0.3, -0.25) is 4.79 Å². The number of nitrogens with one attached hydrogen (secondary N) is 1. The van der Waals surface area contributed by atoms with Crippen molar-refractivity contribution >= 4 is 5.91 Å². The molecule has 160 valence electrons. The van der Waals surface area contributed by atoms with E-state index in [4.69, 9.17) is 9.47 Å². The fourth-order valence-corrected chi connectivity index (χ4v) is 2.52. The van der Waals surface area contributed by atoms with Gasteiger partial charge in [-0.15, -0.1) is 0 Å². The lowest BCUT2D eigenvalue weighted by molar-refractivity contribution is -0.123. The summed E-state index contributed by atoms with van der Waals surface area (Å²) in [5.74, 6) is 1.91. The van der Waals surface area contributed by atoms with Gasteiger partial charge in [0, 0.05) is 18.5 Å². The third-order valence-corrected chi connectivity index (χ3v) is 5.22. The highest BCUT2D eigenvalue weighted by Gasteiger charge is 2.21. The van der Waals surface area contributed by atoms with Crippen LogP contribution in [-0.2, 0) is 11.2 Å². The van der Waals surface area contributed by atoms with Crippen molar-refractivity contribution in [1.82, 2.24) is 5.32 Å². The summed E-state index contributed by atoms with van der Waals surface area (Å²) in [5, 5.41) is 2.98. The number of hydrogen-bond donors (Lipinski definition) is 1. The van der Waals surface area contributed by atoms with Crippen LogP contribution in [0.4, 0.5) is 0 Å². The summed E-state index contributed by atoms with van der Waals surface area (Å²) in [5.41, 5.74) is 0.769. The summed E-state index contributed by atoms with van der Waals surface area (Å²) >= 11 is 0. The predicted octanol–water partition coefficient (Wildman–Crippen LogP) is 5.92. The Morgan fingerprint density at radius 3 is 2.18 bits per heavy atom. The minimum Gasteiger partial charge on any atom is -0.488 e. The molecule has 0 aromatic heterocycles. The smallest absolute Gasteiger partial charge is 0.222 e. The van der Waals surface area contributed by atoms with Gasteiger partial charge >= 0.3 is 0 Å². The topological polar surface area (TPSA) is 47.6 Å². The van der Waals surface area contributed by atoms with Crippen molar-refractivity contribution in [2.45, 2.75) is 98.7 Å². The molecule has 1 rings (SSSR count). The second-order valence-electron chi connectivity index (χ2n) is 9.10. The molecule has 1 amide bonds. The van der Waals surface area contributed by atoms with Gasteiger partial charge in [-0.25, -0.2) is 0 Å². The lowest BCUT2D eigenvalue weighted by atomic mass is 10.0. The van der Waals surface area contributed by atoms with Gasteiger partial charge in [-0.2, -0.15) is 0 Å². The largest absolute Gasteiger partial charge is 0.488 e. The lowest BCUT2D eigenvalue weighted by Crippen LogP contribution is -2.29. The van der Waals surface area contributed by atoms with Crippen molar-refractivity contribution in [2.75, 3.05) is 6.54 Å². The molecule has 0 aliphatic rings. The summed E-state index contributed by atoms with van der Waals surface area (Å²) in [6, 6.07) is 6.19. The maximum absolute atomic E-state index is 11.7. The Labute approximate surface area is 172 Å². The Balaban J connectivity index is 2.81. The van der Waals surface area contributed by atoms with Gasteiger partial charge in [0.25, 0.3) is 0 Å². The molecule has 0 aliphatic heterocycles. The minimum atomic E-state index is -0.223. The molecule has 0 heterocycles. The van der Waals surface area contributed by atoms with Gasteiger partial charge < -0.3 is 14.8 Å². The Morgan fingerprint density at radius 2 is 1.61 bits per heavy atom. The Bertz CT molecular complexity index is 620. The van der Waals surface area contributed by atoms with Crippen LogP contribution in [0.1, 0.15) is 86.6 Å². The molecule has 0 atom stereocenters. The van der Waals surface area contributed by atoms with E-state index in [2.05, 4.69) is 52.9 Å². The first-order valence-electron chi connectivity index (χ1n) is 10.8. The monoisotopic (exact) mass is 391 g/mol. The SMILES string of the molecule is CCC(C)(C)Oc1ccc(CCCCNC(=O)C(C)C)c(OC(C)(C)CC)c1. The first kappa shape index (κ1) is 24.3. The van der Waals surface area contributed by atoms with E-state index in [0.29, 0.717) is 0 Å². The standard InChI is InChI=1S/C24H41NO3/c1-9-23(5,6)27-20-15-14-19(21(17-20)28-24(7,8)10-2)13-11-12-16-25-22(26)18(3)4/h14-15,17-18H,9-13,16H2,1-8H3,(H,25,26). The van der Waals surface area contributed by atoms with Crippen LogP contribution in [0.25, 0.3) is 0 Å². The number of aryl methyl sites for hydroxylation is 1. The van der Waals surface area contributed by atoms with Crippen LogP contribution in [0.5, 0.6) is 11.5 Å². The molecule has 0 bridgehead atoms. The molecule has 4 heteroatoms. The third-order valence-electron chi connectivity index (χ3n) is 5.22. The number of carbonyl (C=O) groups is 1. The number of hydrogen-bond acceptors (Lipinski definition) is 3. The molecule has 1 aromatic carbocycles.